The zero-order valence-electron chi connectivity index (χ0n) is 36.7. The van der Waals surface area contributed by atoms with Crippen LogP contribution in [-0.4, -0.2) is 9.55 Å². The van der Waals surface area contributed by atoms with Crippen molar-refractivity contribution in [1.82, 2.24) is 9.55 Å². The summed E-state index contributed by atoms with van der Waals surface area (Å²) in [6.07, 6.45) is 6.07. The molecule has 6 aromatic carbocycles. The molecule has 0 unspecified atom stereocenters. The molecule has 11 rings (SSSR count). The normalized spacial score (nSPS) is 14.9. The number of para-hydroxylation sites is 4. The fourth-order valence-electron chi connectivity index (χ4n) is 9.19. The van der Waals surface area contributed by atoms with Gasteiger partial charge in [0.05, 0.1) is 17.1 Å². The Labute approximate surface area is 384 Å². The van der Waals surface area contributed by atoms with E-state index in [0.29, 0.717) is 11.5 Å². The van der Waals surface area contributed by atoms with Crippen molar-refractivity contribution >= 4 is 50.2 Å². The second-order valence-corrected chi connectivity index (χ2v) is 19.2. The maximum atomic E-state index is 6.74. The van der Waals surface area contributed by atoms with Crippen LogP contribution in [-0.2, 0) is 37.3 Å². The van der Waals surface area contributed by atoms with Gasteiger partial charge in [0.25, 0.3) is 0 Å². The van der Waals surface area contributed by atoms with E-state index >= 15 is 0 Å². The topological polar surface area (TPSA) is 46.0 Å². The van der Waals surface area contributed by atoms with E-state index in [1.54, 1.807) is 0 Å². The zero-order valence-corrected chi connectivity index (χ0v) is 39.0. The van der Waals surface area contributed by atoms with Crippen LogP contribution in [0.5, 0.6) is 23.0 Å². The largest absolute Gasteiger partial charge is 0.509 e. The van der Waals surface area contributed by atoms with Gasteiger partial charge < -0.3 is 28.7 Å². The summed E-state index contributed by atoms with van der Waals surface area (Å²) in [5.41, 5.74) is 11.6. The van der Waals surface area contributed by atoms with Crippen LogP contribution in [0.25, 0.3) is 27.6 Å². The van der Waals surface area contributed by atoms with Gasteiger partial charge in [0.1, 0.15) is 5.82 Å². The van der Waals surface area contributed by atoms with E-state index in [1.807, 2.05) is 24.4 Å². The van der Waals surface area contributed by atoms with Gasteiger partial charge in [0.2, 0.25) is 0 Å². The van der Waals surface area contributed by atoms with Crippen molar-refractivity contribution in [1.29, 1.82) is 0 Å². The van der Waals surface area contributed by atoms with Gasteiger partial charge in [0.15, 0.2) is 11.5 Å². The van der Waals surface area contributed by atoms with Crippen LogP contribution in [0.15, 0.2) is 140 Å². The summed E-state index contributed by atoms with van der Waals surface area (Å²) in [6.45, 7) is 20.1. The first-order valence-corrected chi connectivity index (χ1v) is 21.4. The van der Waals surface area contributed by atoms with Crippen LogP contribution >= 0.6 is 0 Å². The average molecular weight is 1010 g/mol. The van der Waals surface area contributed by atoms with Crippen molar-refractivity contribution in [2.24, 2.45) is 0 Å². The van der Waals surface area contributed by atoms with E-state index in [-0.39, 0.29) is 37.3 Å². The van der Waals surface area contributed by atoms with Crippen molar-refractivity contribution in [3.8, 4) is 28.8 Å². The third kappa shape index (κ3) is 6.71. The predicted molar refractivity (Wildman–Crippen MR) is 252 cm³/mol. The number of anilines is 5. The molecule has 0 aliphatic carbocycles. The van der Waals surface area contributed by atoms with Gasteiger partial charge in [-0.1, -0.05) is 109 Å². The van der Waals surface area contributed by atoms with E-state index in [4.69, 9.17) is 14.5 Å². The Morgan fingerprint density at radius 3 is 2.19 bits per heavy atom. The number of rotatable bonds is 5. The smallest absolute Gasteiger partial charge is 0.153 e. The maximum absolute atomic E-state index is 6.74. The van der Waals surface area contributed by atoms with Crippen LogP contribution in [0.1, 0.15) is 77.6 Å². The predicted octanol–water partition coefficient (Wildman–Crippen LogP) is 14.3. The van der Waals surface area contributed by atoms with Gasteiger partial charge in [-0.25, -0.2) is 4.98 Å². The van der Waals surface area contributed by atoms with Crippen molar-refractivity contribution in [2.75, 3.05) is 14.7 Å². The second-order valence-electron chi connectivity index (χ2n) is 19.2. The van der Waals surface area contributed by atoms with Crippen LogP contribution in [0, 0.1) is 18.8 Å². The standard InChI is InChI=1S/C55H48N5O2.Pt/c1-53(2,3)35-23-24-56-51(29-35)59-45-17-11-9-15-41(45)42-22-21-39(33-48(42)59)61-40-28-36(54(4,5)6)27-37(30-40)57-25-26-58(34-57)38-31-44-52-50(32-38)62-49-20-14-13-19-47(49)60(52)46-18-12-10-16-43(46)55(44,7)8;/h9-29,31-32,34H,1-8H3;/q-3;. The number of hydrogen-bond donors (Lipinski definition) is 0. The molecule has 0 N–H and O–H groups in total. The van der Waals surface area contributed by atoms with Gasteiger partial charge in [0, 0.05) is 61.4 Å². The van der Waals surface area contributed by atoms with Crippen LogP contribution in [0.4, 0.5) is 28.4 Å². The Bertz CT molecular complexity index is 3150. The molecule has 318 valence electrons. The number of nitrogens with zero attached hydrogens (tertiary/aromatic N) is 5. The molecule has 7 nitrogen and oxygen atoms in total. The first-order chi connectivity index (χ1) is 29.7. The van der Waals surface area contributed by atoms with Crippen LogP contribution < -0.4 is 24.2 Å². The first kappa shape index (κ1) is 40.8. The summed E-state index contributed by atoms with van der Waals surface area (Å²) in [5.74, 6) is 3.75. The maximum Gasteiger partial charge on any atom is 0.153 e. The second kappa shape index (κ2) is 14.6. The Kier molecular flexibility index (Phi) is 9.47. The van der Waals surface area contributed by atoms with Gasteiger partial charge >= 0.3 is 0 Å². The Balaban J connectivity index is 0.00000471. The minimum Gasteiger partial charge on any atom is -0.509 e. The van der Waals surface area contributed by atoms with Crippen LogP contribution in [0.3, 0.4) is 0 Å². The van der Waals surface area contributed by atoms with E-state index in [1.165, 1.54) is 22.4 Å². The molecule has 2 aromatic heterocycles. The molecule has 0 amide bonds. The van der Waals surface area contributed by atoms with E-state index in [9.17, 15) is 0 Å². The molecule has 3 aliphatic rings. The molecule has 0 saturated carbocycles. The summed E-state index contributed by atoms with van der Waals surface area (Å²) in [5, 5.41) is 2.23. The third-order valence-electron chi connectivity index (χ3n) is 12.6. The van der Waals surface area contributed by atoms with Gasteiger partial charge in [-0.3, -0.25) is 0 Å². The number of pyridine rings is 1. The Morgan fingerprint density at radius 2 is 1.38 bits per heavy atom. The molecule has 5 heterocycles. The number of benzene rings is 6. The molecule has 0 saturated heterocycles. The zero-order chi connectivity index (χ0) is 42.7. The molecular weight excluding hydrogens is 958 g/mol. The summed E-state index contributed by atoms with van der Waals surface area (Å²) in [4.78, 5) is 11.5. The molecule has 8 aromatic rings. The number of ether oxygens (including phenoxy) is 2. The third-order valence-corrected chi connectivity index (χ3v) is 12.6. The van der Waals surface area contributed by atoms with Gasteiger partial charge in [-0.15, -0.1) is 53.6 Å². The summed E-state index contributed by atoms with van der Waals surface area (Å²) in [6, 6.07) is 49.9. The monoisotopic (exact) mass is 1010 g/mol. The van der Waals surface area contributed by atoms with Crippen molar-refractivity contribution in [3.63, 3.8) is 0 Å². The molecule has 0 fully saturated rings. The quantitative estimate of drug-likeness (QED) is 0.160. The van der Waals surface area contributed by atoms with Crippen LogP contribution in [0.2, 0.25) is 0 Å². The van der Waals surface area contributed by atoms with Crippen molar-refractivity contribution in [3.05, 3.63) is 181 Å². The molecule has 0 bridgehead atoms. The van der Waals surface area contributed by atoms with Gasteiger partial charge in [-0.05, 0) is 87.8 Å². The molecule has 3 aliphatic heterocycles. The van der Waals surface area contributed by atoms with E-state index in [2.05, 4.69) is 209 Å². The van der Waals surface area contributed by atoms with Crippen molar-refractivity contribution < 1.29 is 30.5 Å². The molecule has 63 heavy (non-hydrogen) atoms. The fraction of sp³-hybridized carbons (Fsp3) is 0.200. The summed E-state index contributed by atoms with van der Waals surface area (Å²) in [7, 11) is 0. The molecule has 0 spiro atoms. The summed E-state index contributed by atoms with van der Waals surface area (Å²) >= 11 is 0. The molecular formula is C55H48N5O2Pt-3. The molecule has 8 heteroatoms. The summed E-state index contributed by atoms with van der Waals surface area (Å²) < 4.78 is 15.7. The SMILES string of the molecule is CC(C)(C)c1cc(Oc2[c-]c3c(cc2)c2ccccc2n3-c2cc(C(C)(C)C)ccn2)[c-]c(N2C=CN(c3cc4c5c(c3)C(C)(C)c3ccccc3N5c3ccccc3O4)[CH-]2)c1.[Pt]. The number of fused-ring (bicyclic) bond motifs is 7. The average Bonchev–Trinajstić information content (AvgIpc) is 3.88. The molecule has 0 atom stereocenters. The van der Waals surface area contributed by atoms with E-state index < -0.39 is 0 Å². The minimum absolute atomic E-state index is 0. The van der Waals surface area contributed by atoms with Crippen molar-refractivity contribution in [2.45, 2.75) is 71.6 Å². The Hall–Kier alpha value is -6.30. The first-order valence-electron chi connectivity index (χ1n) is 21.4. The van der Waals surface area contributed by atoms with E-state index in [0.717, 1.165) is 67.4 Å². The Morgan fingerprint density at radius 1 is 0.651 bits per heavy atom. The fourth-order valence-corrected chi connectivity index (χ4v) is 9.19. The minimum atomic E-state index is -0.269. The van der Waals surface area contributed by atoms with Gasteiger partial charge in [-0.2, -0.15) is 6.07 Å². The number of hydrogen-bond acceptors (Lipinski definition) is 6. The number of aromatic nitrogens is 2. The molecule has 0 radical (unpaired) electrons.